The van der Waals surface area contributed by atoms with E-state index in [1.165, 1.54) is 37.7 Å². The summed E-state index contributed by atoms with van der Waals surface area (Å²) in [5, 5.41) is 3.69. The van der Waals surface area contributed by atoms with E-state index >= 15 is 0 Å². The van der Waals surface area contributed by atoms with Crippen LogP contribution in [0, 0.1) is 5.92 Å². The normalized spacial score (nSPS) is 28.4. The first-order valence-corrected chi connectivity index (χ1v) is 10.7. The first-order chi connectivity index (χ1) is 13.3. The van der Waals surface area contributed by atoms with Crippen LogP contribution in [0.15, 0.2) is 47.5 Å². The summed E-state index contributed by atoms with van der Waals surface area (Å²) < 4.78 is 0. The van der Waals surface area contributed by atoms with Crippen LogP contribution in [0.25, 0.3) is 0 Å². The van der Waals surface area contributed by atoms with Crippen LogP contribution >= 0.6 is 24.0 Å². The zero-order chi connectivity index (χ0) is 18.5. The maximum absolute atomic E-state index is 4.58. The molecule has 3 aliphatic rings. The smallest absolute Gasteiger partial charge is 0.193 e. The molecule has 1 N–H and O–H groups in total. The first kappa shape index (κ1) is 21.6. The summed E-state index contributed by atoms with van der Waals surface area (Å²) in [6.07, 6.45) is 11.1. The molecule has 2 heterocycles. The van der Waals surface area contributed by atoms with Gasteiger partial charge in [-0.1, -0.05) is 42.5 Å². The minimum atomic E-state index is 0. The highest BCUT2D eigenvalue weighted by Crippen LogP contribution is 2.35. The van der Waals surface area contributed by atoms with Crippen molar-refractivity contribution >= 4 is 29.9 Å². The summed E-state index contributed by atoms with van der Waals surface area (Å²) >= 11 is 0. The van der Waals surface area contributed by atoms with E-state index in [1.54, 1.807) is 0 Å². The fourth-order valence-corrected chi connectivity index (χ4v) is 5.02. The van der Waals surface area contributed by atoms with Gasteiger partial charge in [-0.2, -0.15) is 0 Å². The van der Waals surface area contributed by atoms with Gasteiger partial charge in [0, 0.05) is 45.8 Å². The van der Waals surface area contributed by atoms with E-state index in [0.29, 0.717) is 6.04 Å². The van der Waals surface area contributed by atoms with Crippen molar-refractivity contribution in [2.24, 2.45) is 10.9 Å². The Labute approximate surface area is 187 Å². The van der Waals surface area contributed by atoms with Crippen molar-refractivity contribution in [1.82, 2.24) is 15.1 Å². The van der Waals surface area contributed by atoms with Gasteiger partial charge in [-0.05, 0) is 49.5 Å². The van der Waals surface area contributed by atoms with Crippen LogP contribution in [-0.4, -0.2) is 61.6 Å². The average Bonchev–Trinajstić information content (AvgIpc) is 3.42. The maximum Gasteiger partial charge on any atom is 0.193 e. The summed E-state index contributed by atoms with van der Waals surface area (Å²) in [5.74, 6) is 2.65. The van der Waals surface area contributed by atoms with Crippen molar-refractivity contribution < 1.29 is 0 Å². The first-order valence-electron chi connectivity index (χ1n) is 10.7. The van der Waals surface area contributed by atoms with Gasteiger partial charge in [0.25, 0.3) is 0 Å². The van der Waals surface area contributed by atoms with Crippen LogP contribution in [0.5, 0.6) is 0 Å². The molecule has 1 aliphatic carbocycles. The molecule has 0 bridgehead atoms. The lowest BCUT2D eigenvalue weighted by molar-refractivity contribution is 0.258. The number of guanidine groups is 1. The van der Waals surface area contributed by atoms with Gasteiger partial charge in [0.2, 0.25) is 0 Å². The molecule has 4 nitrogen and oxygen atoms in total. The molecule has 1 saturated carbocycles. The zero-order valence-corrected chi connectivity index (χ0v) is 19.4. The molecule has 0 aromatic heterocycles. The molecule has 4 rings (SSSR count). The molecule has 1 aromatic carbocycles. The molecule has 0 radical (unpaired) electrons. The van der Waals surface area contributed by atoms with Crippen molar-refractivity contribution in [1.29, 1.82) is 0 Å². The number of benzene rings is 1. The predicted molar refractivity (Wildman–Crippen MR) is 129 cm³/mol. The van der Waals surface area contributed by atoms with Crippen LogP contribution in [0.3, 0.4) is 0 Å². The molecule has 2 aliphatic heterocycles. The maximum atomic E-state index is 4.58. The second kappa shape index (κ2) is 10.6. The van der Waals surface area contributed by atoms with Gasteiger partial charge in [-0.3, -0.25) is 9.89 Å². The van der Waals surface area contributed by atoms with Crippen molar-refractivity contribution in [3.63, 3.8) is 0 Å². The Morgan fingerprint density at radius 1 is 1.04 bits per heavy atom. The lowest BCUT2D eigenvalue weighted by atomic mass is 9.79. The van der Waals surface area contributed by atoms with Gasteiger partial charge in [0.1, 0.15) is 0 Å². The van der Waals surface area contributed by atoms with Crippen LogP contribution < -0.4 is 5.32 Å². The fraction of sp³-hybridized carbons (Fsp3) is 0.609. The van der Waals surface area contributed by atoms with Gasteiger partial charge >= 0.3 is 0 Å². The molecule has 28 heavy (non-hydrogen) atoms. The fourth-order valence-electron chi connectivity index (χ4n) is 5.02. The highest BCUT2D eigenvalue weighted by atomic mass is 127. The minimum Gasteiger partial charge on any atom is -0.356 e. The van der Waals surface area contributed by atoms with Crippen LogP contribution in [0.4, 0.5) is 0 Å². The van der Waals surface area contributed by atoms with Crippen LogP contribution in [0.2, 0.25) is 0 Å². The lowest BCUT2D eigenvalue weighted by Gasteiger charge is -2.30. The summed E-state index contributed by atoms with van der Waals surface area (Å²) in [7, 11) is 1.93. The molecule has 1 unspecified atom stereocenters. The summed E-state index contributed by atoms with van der Waals surface area (Å²) in [4.78, 5) is 9.61. The number of nitrogens with one attached hydrogen (secondary N) is 1. The van der Waals surface area contributed by atoms with Crippen molar-refractivity contribution in [2.75, 3.05) is 39.8 Å². The van der Waals surface area contributed by atoms with E-state index in [4.69, 9.17) is 0 Å². The molecule has 1 aromatic rings. The highest BCUT2D eigenvalue weighted by Gasteiger charge is 2.30. The molecule has 2 fully saturated rings. The molecular formula is C23H35IN4. The second-order valence-electron chi connectivity index (χ2n) is 8.37. The number of rotatable bonds is 4. The largest absolute Gasteiger partial charge is 0.356 e. The molecule has 1 saturated heterocycles. The quantitative estimate of drug-likeness (QED) is 0.296. The lowest BCUT2D eigenvalue weighted by Crippen LogP contribution is -2.44. The van der Waals surface area contributed by atoms with Gasteiger partial charge < -0.3 is 10.2 Å². The van der Waals surface area contributed by atoms with E-state index in [9.17, 15) is 0 Å². The average molecular weight is 494 g/mol. The predicted octanol–water partition coefficient (Wildman–Crippen LogP) is 4.10. The standard InChI is InChI=1S/C23H34N4.HI/c1-24-23(27-16-13-22(18-27)26-14-5-6-15-26)25-17-19-9-11-21(12-10-19)20-7-3-2-4-8-20;/h2-8,19,21-22H,9-18H2,1H3,(H,24,25);1H. The number of hydrogen-bond acceptors (Lipinski definition) is 2. The molecule has 1 atom stereocenters. The molecule has 5 heteroatoms. The van der Waals surface area contributed by atoms with Crippen molar-refractivity contribution in [3.05, 3.63) is 48.0 Å². The number of nitrogens with zero attached hydrogens (tertiary/aromatic N) is 3. The second-order valence-corrected chi connectivity index (χ2v) is 8.37. The number of halogens is 1. The Balaban J connectivity index is 0.00000225. The van der Waals surface area contributed by atoms with E-state index in [1.807, 2.05) is 7.05 Å². The third-order valence-electron chi connectivity index (χ3n) is 6.70. The molecule has 0 amide bonds. The molecular weight excluding hydrogens is 459 g/mol. The third-order valence-corrected chi connectivity index (χ3v) is 6.70. The van der Waals surface area contributed by atoms with Crippen molar-refractivity contribution in [3.8, 4) is 0 Å². The van der Waals surface area contributed by atoms with E-state index in [2.05, 4.69) is 62.6 Å². The van der Waals surface area contributed by atoms with Crippen LogP contribution in [0.1, 0.15) is 43.6 Å². The van der Waals surface area contributed by atoms with Gasteiger partial charge in [0.15, 0.2) is 5.96 Å². The van der Waals surface area contributed by atoms with E-state index in [-0.39, 0.29) is 24.0 Å². The zero-order valence-electron chi connectivity index (χ0n) is 17.1. The number of likely N-dealkylation sites (tertiary alicyclic amines) is 1. The van der Waals surface area contributed by atoms with E-state index in [0.717, 1.165) is 50.5 Å². The van der Waals surface area contributed by atoms with Crippen molar-refractivity contribution in [2.45, 2.75) is 44.1 Å². The van der Waals surface area contributed by atoms with Gasteiger partial charge in [0.05, 0.1) is 0 Å². The summed E-state index contributed by atoms with van der Waals surface area (Å²) in [6, 6.07) is 11.7. The Hall–Kier alpha value is -1.08. The number of aliphatic imine (C=N–C) groups is 1. The Morgan fingerprint density at radius 3 is 2.43 bits per heavy atom. The molecule has 0 spiro atoms. The Bertz CT molecular complexity index is 644. The minimum absolute atomic E-state index is 0. The van der Waals surface area contributed by atoms with Crippen LogP contribution in [-0.2, 0) is 0 Å². The number of hydrogen-bond donors (Lipinski definition) is 1. The van der Waals surface area contributed by atoms with Gasteiger partial charge in [-0.15, -0.1) is 24.0 Å². The highest BCUT2D eigenvalue weighted by molar-refractivity contribution is 14.0. The molecule has 154 valence electrons. The third kappa shape index (κ3) is 5.29. The monoisotopic (exact) mass is 494 g/mol. The SMILES string of the molecule is CN=C(NCC1CCC(c2ccccc2)CC1)N1CCC(N2CC=CC2)C1.I. The Kier molecular flexibility index (Phi) is 8.21. The summed E-state index contributed by atoms with van der Waals surface area (Å²) in [5.41, 5.74) is 1.53. The van der Waals surface area contributed by atoms with E-state index < -0.39 is 0 Å². The Morgan fingerprint density at radius 2 is 1.75 bits per heavy atom. The van der Waals surface area contributed by atoms with Gasteiger partial charge in [-0.25, -0.2) is 0 Å². The topological polar surface area (TPSA) is 30.9 Å². The summed E-state index contributed by atoms with van der Waals surface area (Å²) in [6.45, 7) is 5.55.